The molecular weight excluding hydrogens is 363 g/mol. The molecule has 1 amide bonds. The molecule has 1 aromatic heterocycles. The molecule has 3 aromatic rings. The predicted octanol–water partition coefficient (Wildman–Crippen LogP) is 5.25. The second kappa shape index (κ2) is 6.93. The molecule has 0 atom stereocenters. The fourth-order valence-corrected chi connectivity index (χ4v) is 4.29. The zero-order chi connectivity index (χ0) is 17.3. The van der Waals surface area contributed by atoms with E-state index in [1.54, 1.807) is 18.2 Å². The fourth-order valence-electron chi connectivity index (χ4n) is 2.47. The van der Waals surface area contributed by atoms with Gasteiger partial charge in [-0.25, -0.2) is 0 Å². The van der Waals surface area contributed by atoms with Crippen molar-refractivity contribution >= 4 is 50.7 Å². The number of hydrogen-bond donors (Lipinski definition) is 0. The Morgan fingerprint density at radius 3 is 2.79 bits per heavy atom. The molecule has 0 aliphatic rings. The second-order valence-electron chi connectivity index (χ2n) is 5.25. The largest absolute Gasteiger partial charge is 0.311 e. The van der Waals surface area contributed by atoms with Crippen LogP contribution in [0.2, 0.25) is 10.0 Å². The van der Waals surface area contributed by atoms with Gasteiger partial charge in [0.15, 0.2) is 4.80 Å². The zero-order valence-electron chi connectivity index (χ0n) is 12.9. The first-order valence-corrected chi connectivity index (χ1v) is 8.82. The number of hydrogen-bond acceptors (Lipinski definition) is 2. The van der Waals surface area contributed by atoms with Gasteiger partial charge in [-0.2, -0.15) is 4.99 Å². The number of halogens is 2. The third-order valence-corrected chi connectivity index (χ3v) is 5.11. The van der Waals surface area contributed by atoms with E-state index in [0.29, 0.717) is 27.0 Å². The molecule has 0 unspecified atom stereocenters. The molecule has 0 bridgehead atoms. The van der Waals surface area contributed by atoms with E-state index >= 15 is 0 Å². The van der Waals surface area contributed by atoms with Crippen LogP contribution in [0.1, 0.15) is 15.9 Å². The number of aryl methyl sites for hydroxylation is 1. The van der Waals surface area contributed by atoms with Crippen LogP contribution in [-0.4, -0.2) is 10.5 Å². The number of benzene rings is 2. The number of amides is 1. The van der Waals surface area contributed by atoms with Crippen molar-refractivity contribution in [2.24, 2.45) is 4.99 Å². The van der Waals surface area contributed by atoms with Gasteiger partial charge in [0.25, 0.3) is 5.91 Å². The Hall–Kier alpha value is -1.88. The number of carbonyl (C=O) groups is 1. The summed E-state index contributed by atoms with van der Waals surface area (Å²) in [5.74, 6) is -0.278. The molecule has 0 spiro atoms. The van der Waals surface area contributed by atoms with Crippen molar-refractivity contribution in [1.82, 2.24) is 4.57 Å². The minimum Gasteiger partial charge on any atom is -0.311 e. The van der Waals surface area contributed by atoms with Crippen LogP contribution in [0.15, 0.2) is 54.0 Å². The first-order chi connectivity index (χ1) is 11.5. The smallest absolute Gasteiger partial charge is 0.279 e. The summed E-state index contributed by atoms with van der Waals surface area (Å²) in [4.78, 5) is 17.4. The summed E-state index contributed by atoms with van der Waals surface area (Å²) in [7, 11) is 0. The van der Waals surface area contributed by atoms with E-state index in [2.05, 4.69) is 11.6 Å². The van der Waals surface area contributed by atoms with E-state index in [-0.39, 0.29) is 5.91 Å². The number of thiazole rings is 1. The van der Waals surface area contributed by atoms with Crippen molar-refractivity contribution in [3.05, 3.63) is 75.0 Å². The molecule has 2 aromatic carbocycles. The predicted molar refractivity (Wildman–Crippen MR) is 101 cm³/mol. The second-order valence-corrected chi connectivity index (χ2v) is 7.10. The quantitative estimate of drug-likeness (QED) is 0.575. The third kappa shape index (κ3) is 3.18. The van der Waals surface area contributed by atoms with E-state index in [0.717, 1.165) is 15.8 Å². The van der Waals surface area contributed by atoms with Crippen LogP contribution in [-0.2, 0) is 6.54 Å². The summed E-state index contributed by atoms with van der Waals surface area (Å²) >= 11 is 13.8. The number of allylic oxidation sites excluding steroid dienone is 1. The fraction of sp³-hybridized carbons (Fsp3) is 0.111. The maximum atomic E-state index is 12.6. The van der Waals surface area contributed by atoms with Gasteiger partial charge in [-0.15, -0.1) is 6.58 Å². The molecule has 0 saturated carbocycles. The standard InChI is InChI=1S/C18H14Cl2N2OS/c1-3-8-22-16-14(20)9-12(19)10-15(16)24-18(22)21-17(23)13-7-5-4-6-11(13)2/h3-7,9-10H,1,8H2,2H3. The molecule has 24 heavy (non-hydrogen) atoms. The Kier molecular flexibility index (Phi) is 4.90. The van der Waals surface area contributed by atoms with Crippen LogP contribution in [0.25, 0.3) is 10.2 Å². The molecule has 0 aliphatic carbocycles. The van der Waals surface area contributed by atoms with Gasteiger partial charge in [0.1, 0.15) is 0 Å². The van der Waals surface area contributed by atoms with Crippen LogP contribution in [0.3, 0.4) is 0 Å². The molecule has 0 N–H and O–H groups in total. The summed E-state index contributed by atoms with van der Waals surface area (Å²) in [6.45, 7) is 6.16. The lowest BCUT2D eigenvalue weighted by Gasteiger charge is -2.04. The average Bonchev–Trinajstić information content (AvgIpc) is 2.85. The SMILES string of the molecule is C=CCn1c(=NC(=O)c2ccccc2C)sc2cc(Cl)cc(Cl)c21. The van der Waals surface area contributed by atoms with Crippen molar-refractivity contribution in [2.45, 2.75) is 13.5 Å². The molecule has 122 valence electrons. The highest BCUT2D eigenvalue weighted by molar-refractivity contribution is 7.16. The van der Waals surface area contributed by atoms with Gasteiger partial charge in [-0.05, 0) is 30.7 Å². The molecule has 1 heterocycles. The Bertz CT molecular complexity index is 1020. The number of carbonyl (C=O) groups excluding carboxylic acids is 1. The Balaban J connectivity index is 2.23. The number of nitrogens with zero attached hydrogens (tertiary/aromatic N) is 2. The van der Waals surface area contributed by atoms with E-state index in [4.69, 9.17) is 23.2 Å². The maximum absolute atomic E-state index is 12.6. The van der Waals surface area contributed by atoms with E-state index in [9.17, 15) is 4.79 Å². The molecule has 0 fully saturated rings. The van der Waals surface area contributed by atoms with Gasteiger partial charge in [0.05, 0.1) is 15.2 Å². The van der Waals surface area contributed by atoms with Crippen LogP contribution in [0.5, 0.6) is 0 Å². The van der Waals surface area contributed by atoms with Crippen molar-refractivity contribution in [1.29, 1.82) is 0 Å². The summed E-state index contributed by atoms with van der Waals surface area (Å²) in [5.41, 5.74) is 2.29. The summed E-state index contributed by atoms with van der Waals surface area (Å²) in [6, 6.07) is 10.9. The molecule has 0 radical (unpaired) electrons. The first-order valence-electron chi connectivity index (χ1n) is 7.25. The number of fused-ring (bicyclic) bond motifs is 1. The lowest BCUT2D eigenvalue weighted by molar-refractivity contribution is 0.0997. The monoisotopic (exact) mass is 376 g/mol. The first kappa shape index (κ1) is 17.0. The molecule has 0 saturated heterocycles. The van der Waals surface area contributed by atoms with E-state index in [1.165, 1.54) is 11.3 Å². The minimum atomic E-state index is -0.278. The average molecular weight is 377 g/mol. The van der Waals surface area contributed by atoms with Gasteiger partial charge in [0, 0.05) is 17.1 Å². The van der Waals surface area contributed by atoms with E-state index < -0.39 is 0 Å². The zero-order valence-corrected chi connectivity index (χ0v) is 15.3. The highest BCUT2D eigenvalue weighted by Crippen LogP contribution is 2.29. The number of rotatable bonds is 3. The maximum Gasteiger partial charge on any atom is 0.279 e. The van der Waals surface area contributed by atoms with Gasteiger partial charge >= 0.3 is 0 Å². The van der Waals surface area contributed by atoms with Gasteiger partial charge < -0.3 is 4.57 Å². The normalized spacial score (nSPS) is 11.9. The van der Waals surface area contributed by atoms with Gasteiger partial charge in [-0.3, -0.25) is 4.79 Å². The summed E-state index contributed by atoms with van der Waals surface area (Å²) in [5, 5.41) is 1.08. The van der Waals surface area contributed by atoms with Crippen LogP contribution >= 0.6 is 34.5 Å². The Morgan fingerprint density at radius 1 is 1.33 bits per heavy atom. The number of aromatic nitrogens is 1. The minimum absolute atomic E-state index is 0.278. The topological polar surface area (TPSA) is 34.4 Å². The van der Waals surface area contributed by atoms with Crippen molar-refractivity contribution < 1.29 is 4.79 Å². The van der Waals surface area contributed by atoms with Crippen molar-refractivity contribution in [3.8, 4) is 0 Å². The lowest BCUT2D eigenvalue weighted by Crippen LogP contribution is -2.16. The van der Waals surface area contributed by atoms with Crippen LogP contribution < -0.4 is 4.80 Å². The highest BCUT2D eigenvalue weighted by Gasteiger charge is 2.13. The lowest BCUT2D eigenvalue weighted by atomic mass is 10.1. The summed E-state index contributed by atoms with van der Waals surface area (Å²) in [6.07, 6.45) is 1.74. The molecule has 6 heteroatoms. The molecule has 0 aliphatic heterocycles. The van der Waals surface area contributed by atoms with Gasteiger partial charge in [-0.1, -0.05) is 58.8 Å². The highest BCUT2D eigenvalue weighted by atomic mass is 35.5. The molecule has 3 nitrogen and oxygen atoms in total. The van der Waals surface area contributed by atoms with Crippen molar-refractivity contribution in [2.75, 3.05) is 0 Å². The van der Waals surface area contributed by atoms with Crippen molar-refractivity contribution in [3.63, 3.8) is 0 Å². The Labute approximate surface area is 153 Å². The molecular formula is C18H14Cl2N2OS. The third-order valence-electron chi connectivity index (χ3n) is 3.58. The van der Waals surface area contributed by atoms with Gasteiger partial charge in [0.2, 0.25) is 0 Å². The van der Waals surface area contributed by atoms with E-state index in [1.807, 2.05) is 35.8 Å². The Morgan fingerprint density at radius 2 is 2.08 bits per heavy atom. The molecule has 3 rings (SSSR count). The van der Waals surface area contributed by atoms with Crippen LogP contribution in [0, 0.1) is 6.92 Å². The summed E-state index contributed by atoms with van der Waals surface area (Å²) < 4.78 is 2.76. The van der Waals surface area contributed by atoms with Crippen LogP contribution in [0.4, 0.5) is 0 Å².